The molecule has 1 N–H and O–H groups in total. The predicted octanol–water partition coefficient (Wildman–Crippen LogP) is 6.48. The number of ether oxygens (including phenoxy) is 1. The van der Waals surface area contributed by atoms with E-state index < -0.39 is 34.7 Å². The Morgan fingerprint density at radius 2 is 1.31 bits per heavy atom. The van der Waals surface area contributed by atoms with Crippen molar-refractivity contribution in [2.45, 2.75) is 104 Å². The number of nitrogens with zero attached hydrogens (tertiary/aromatic N) is 1. The van der Waals surface area contributed by atoms with E-state index in [1.54, 1.807) is 4.90 Å². The van der Waals surface area contributed by atoms with Crippen LogP contribution in [-0.2, 0) is 9.16 Å². The Bertz CT molecular complexity index is 1080. The fraction of sp³-hybridized carbons (Fsp3) is 0.500. The molecule has 0 unspecified atom stereocenters. The Kier molecular flexibility index (Phi) is 11.2. The van der Waals surface area contributed by atoms with Gasteiger partial charge in [-0.25, -0.2) is 4.79 Å². The van der Waals surface area contributed by atoms with Crippen molar-refractivity contribution in [1.82, 2.24) is 4.90 Å². The number of hydrogen-bond donors (Lipinski definition) is 1. The molecular weight excluding hydrogens is 519 g/mol. The van der Waals surface area contributed by atoms with Crippen LogP contribution in [0.5, 0.6) is 0 Å². The second kappa shape index (κ2) is 13.3. The highest BCUT2D eigenvalue weighted by molar-refractivity contribution is 6.99. The van der Waals surface area contributed by atoms with Crippen LogP contribution in [0.2, 0.25) is 24.7 Å². The summed E-state index contributed by atoms with van der Waals surface area (Å²) in [6.45, 7) is 22.9. The monoisotopic (exact) mass is 567 g/mol. The van der Waals surface area contributed by atoms with E-state index in [4.69, 9.17) is 9.16 Å². The lowest BCUT2D eigenvalue weighted by Gasteiger charge is -2.45. The number of aliphatic hydroxyl groups excluding tert-OH is 1. The van der Waals surface area contributed by atoms with Gasteiger partial charge in [0, 0.05) is 12.1 Å². The van der Waals surface area contributed by atoms with Crippen LogP contribution < -0.4 is 10.4 Å². The van der Waals surface area contributed by atoms with E-state index in [1.165, 1.54) is 6.26 Å². The third-order valence-electron chi connectivity index (χ3n) is 7.03. The Morgan fingerprint density at radius 1 is 0.872 bits per heavy atom. The number of carbonyl (C=O) groups is 1. The third kappa shape index (κ3) is 7.83. The van der Waals surface area contributed by atoms with Gasteiger partial charge >= 0.3 is 6.09 Å². The Hall–Kier alpha value is -2.42. The number of hydrogen-bond acceptors (Lipinski definition) is 4. The number of rotatable bonds is 10. The minimum absolute atomic E-state index is 0.0109. The van der Waals surface area contributed by atoms with Gasteiger partial charge in [0.05, 0.1) is 14.2 Å². The molecule has 0 bridgehead atoms. The average molecular weight is 568 g/mol. The van der Waals surface area contributed by atoms with Crippen molar-refractivity contribution >= 4 is 32.9 Å². The van der Waals surface area contributed by atoms with Crippen molar-refractivity contribution in [3.8, 4) is 0 Å². The molecule has 0 saturated carbocycles. The topological polar surface area (TPSA) is 59.0 Å². The maximum absolute atomic E-state index is 12.7. The predicted molar refractivity (Wildman–Crippen MR) is 168 cm³/mol. The summed E-state index contributed by atoms with van der Waals surface area (Å²) in [7, 11) is -4.94. The molecule has 0 aliphatic rings. The van der Waals surface area contributed by atoms with Crippen LogP contribution in [0.15, 0.2) is 77.9 Å². The normalized spacial score (nSPS) is 14.0. The zero-order valence-corrected chi connectivity index (χ0v) is 27.8. The van der Waals surface area contributed by atoms with Crippen molar-refractivity contribution in [2.75, 3.05) is 0 Å². The first kappa shape index (κ1) is 32.8. The molecule has 39 heavy (non-hydrogen) atoms. The highest BCUT2D eigenvalue weighted by atomic mass is 28.4. The highest BCUT2D eigenvalue weighted by Crippen LogP contribution is 2.38. The molecule has 1 amide bonds. The lowest BCUT2D eigenvalue weighted by Crippen LogP contribution is -2.68. The lowest BCUT2D eigenvalue weighted by atomic mass is 10.2. The Morgan fingerprint density at radius 3 is 1.67 bits per heavy atom. The second-order valence-electron chi connectivity index (χ2n) is 12.8. The zero-order valence-electron chi connectivity index (χ0n) is 25.8. The molecule has 2 aromatic rings. The molecule has 0 aliphatic carbocycles. The molecule has 5 nitrogen and oxygen atoms in total. The van der Waals surface area contributed by atoms with E-state index in [1.807, 2.05) is 46.8 Å². The molecule has 214 valence electrons. The van der Waals surface area contributed by atoms with E-state index in [9.17, 15) is 9.90 Å². The molecule has 2 atom stereocenters. The number of amides is 1. The zero-order chi connectivity index (χ0) is 29.6. The summed E-state index contributed by atoms with van der Waals surface area (Å²) in [5.74, 6) is 0. The molecule has 0 fully saturated rings. The van der Waals surface area contributed by atoms with Crippen molar-refractivity contribution in [2.24, 2.45) is 0 Å². The fourth-order valence-electron chi connectivity index (χ4n) is 5.24. The van der Waals surface area contributed by atoms with Crippen LogP contribution in [0.25, 0.3) is 0 Å². The lowest BCUT2D eigenvalue weighted by molar-refractivity contribution is 0.0686. The van der Waals surface area contributed by atoms with E-state index in [-0.39, 0.29) is 17.1 Å². The second-order valence-corrected chi connectivity index (χ2v) is 22.1. The molecule has 0 heterocycles. The molecule has 0 radical (unpaired) electrons. The summed E-state index contributed by atoms with van der Waals surface area (Å²) in [6.07, 6.45) is -0.530. The summed E-state index contributed by atoms with van der Waals surface area (Å²) in [5, 5.41) is 14.6. The minimum atomic E-state index is -2.86. The van der Waals surface area contributed by atoms with E-state index in [0.717, 1.165) is 15.6 Å². The van der Waals surface area contributed by atoms with Gasteiger partial charge in [-0.05, 0) is 55.2 Å². The van der Waals surface area contributed by atoms with Gasteiger partial charge in [0.25, 0.3) is 8.32 Å². The number of benzene rings is 2. The first-order valence-electron chi connectivity index (χ1n) is 14.0. The van der Waals surface area contributed by atoms with E-state index >= 15 is 0 Å². The molecule has 0 aliphatic heterocycles. The van der Waals surface area contributed by atoms with Crippen LogP contribution in [-0.4, -0.2) is 56.8 Å². The van der Waals surface area contributed by atoms with Gasteiger partial charge in [-0.15, -0.1) is 0 Å². The van der Waals surface area contributed by atoms with Gasteiger partial charge in [-0.2, -0.15) is 0 Å². The number of aliphatic hydroxyl groups is 1. The minimum Gasteiger partial charge on any atom is -0.410 e. The maximum Gasteiger partial charge on any atom is 0.415 e. The first-order valence-corrected chi connectivity index (χ1v) is 19.4. The van der Waals surface area contributed by atoms with E-state index in [2.05, 4.69) is 94.7 Å². The Balaban J connectivity index is 2.54. The van der Waals surface area contributed by atoms with Crippen LogP contribution in [0.1, 0.15) is 55.4 Å². The number of carbonyl (C=O) groups excluding carboxylic acids is 1. The molecule has 7 heteroatoms. The van der Waals surface area contributed by atoms with Gasteiger partial charge < -0.3 is 19.2 Å². The summed E-state index contributed by atoms with van der Waals surface area (Å²) in [5.41, 5.74) is 3.18. The van der Waals surface area contributed by atoms with Crippen LogP contribution in [0.3, 0.4) is 0 Å². The van der Waals surface area contributed by atoms with Gasteiger partial charge in [0.1, 0.15) is 12.4 Å². The largest absolute Gasteiger partial charge is 0.415 e. The SMILES string of the molecule is CC(C)N(C(=O)OC=C=C([C@H](O)[C@H](C)O[Si](c1ccccc1)(c1ccccc1)C(C)(C)C)[Si](C)(C)C)C(C)C. The van der Waals surface area contributed by atoms with Gasteiger partial charge in [-0.3, -0.25) is 0 Å². The van der Waals surface area contributed by atoms with Crippen molar-refractivity contribution in [1.29, 1.82) is 0 Å². The van der Waals surface area contributed by atoms with Crippen LogP contribution in [0.4, 0.5) is 4.79 Å². The first-order chi connectivity index (χ1) is 18.0. The van der Waals surface area contributed by atoms with Gasteiger partial charge in [0.15, 0.2) is 0 Å². The standard InChI is InChI=1S/C32H49NO4Si2/c1-24(2)33(25(3)4)31(35)36-23-22-29(38(9,10)11)30(34)26(5)37-39(32(6,7)8,27-18-14-12-15-19-27)28-20-16-13-17-21-28/h12-21,23-26,30,34H,1-11H3/t22?,26-,30+/m0/s1. The maximum atomic E-state index is 12.7. The Labute approximate surface area is 238 Å². The molecule has 0 aromatic heterocycles. The van der Waals surface area contributed by atoms with Crippen LogP contribution in [0, 0.1) is 0 Å². The van der Waals surface area contributed by atoms with Crippen LogP contribution >= 0.6 is 0 Å². The van der Waals surface area contributed by atoms with Crippen molar-refractivity contribution in [3.63, 3.8) is 0 Å². The molecule has 0 saturated heterocycles. The third-order valence-corrected chi connectivity index (χ3v) is 14.2. The highest BCUT2D eigenvalue weighted by Gasteiger charge is 2.52. The van der Waals surface area contributed by atoms with Gasteiger partial charge in [-0.1, -0.05) is 107 Å². The van der Waals surface area contributed by atoms with Crippen molar-refractivity contribution in [3.05, 3.63) is 77.9 Å². The fourth-order valence-corrected chi connectivity index (χ4v) is 11.6. The van der Waals surface area contributed by atoms with Gasteiger partial charge in [0.2, 0.25) is 0 Å². The summed E-state index contributed by atoms with van der Waals surface area (Å²) < 4.78 is 12.6. The molecular formula is C32H49NO4Si2. The van der Waals surface area contributed by atoms with E-state index in [0.29, 0.717) is 0 Å². The summed E-state index contributed by atoms with van der Waals surface area (Å²) in [6, 6.07) is 20.9. The molecule has 0 spiro atoms. The molecule has 2 rings (SSSR count). The molecule has 2 aromatic carbocycles. The summed E-state index contributed by atoms with van der Waals surface area (Å²) >= 11 is 0. The summed E-state index contributed by atoms with van der Waals surface area (Å²) in [4.78, 5) is 14.4. The quantitative estimate of drug-likeness (QED) is 0.203. The van der Waals surface area contributed by atoms with Crippen molar-refractivity contribution < 1.29 is 19.1 Å². The average Bonchev–Trinajstić information content (AvgIpc) is 2.83. The smallest absolute Gasteiger partial charge is 0.410 e.